The fourth-order valence-corrected chi connectivity index (χ4v) is 5.09. The fraction of sp³-hybridized carbons (Fsp3) is 0.409. The van der Waals surface area contributed by atoms with Crippen molar-refractivity contribution in [1.29, 1.82) is 0 Å². The molecular formula is C22H28N2O4S. The van der Waals surface area contributed by atoms with Gasteiger partial charge < -0.3 is 9.64 Å². The number of nitrogens with zero attached hydrogens (tertiary/aromatic N) is 1. The Morgan fingerprint density at radius 2 is 1.79 bits per heavy atom. The highest BCUT2D eigenvalue weighted by molar-refractivity contribution is 7.89. The molecule has 156 valence electrons. The van der Waals surface area contributed by atoms with E-state index in [4.69, 9.17) is 4.74 Å². The van der Waals surface area contributed by atoms with Gasteiger partial charge in [0.05, 0.1) is 17.9 Å². The summed E-state index contributed by atoms with van der Waals surface area (Å²) in [4.78, 5) is 14.5. The van der Waals surface area contributed by atoms with Gasteiger partial charge in [0.25, 0.3) is 0 Å². The molecular weight excluding hydrogens is 388 g/mol. The van der Waals surface area contributed by atoms with Crippen molar-refractivity contribution in [1.82, 2.24) is 9.62 Å². The number of carbonyl (C=O) groups excluding carboxylic acids is 1. The number of carbonyl (C=O) groups is 1. The van der Waals surface area contributed by atoms with Crippen molar-refractivity contribution in [3.05, 3.63) is 59.7 Å². The minimum Gasteiger partial charge on any atom is -0.493 e. The molecule has 1 saturated heterocycles. The van der Waals surface area contributed by atoms with Gasteiger partial charge in [0, 0.05) is 19.1 Å². The number of benzene rings is 2. The second kappa shape index (κ2) is 9.41. The normalized spacial score (nSPS) is 15.3. The van der Waals surface area contributed by atoms with Gasteiger partial charge in [0.15, 0.2) is 0 Å². The quantitative estimate of drug-likeness (QED) is 0.753. The monoisotopic (exact) mass is 416 g/mol. The number of hydrogen-bond acceptors (Lipinski definition) is 4. The van der Waals surface area contributed by atoms with Crippen LogP contribution in [0.3, 0.4) is 0 Å². The molecule has 1 heterocycles. The second-order valence-electron chi connectivity index (χ2n) is 7.46. The number of rotatable bonds is 7. The Morgan fingerprint density at radius 3 is 2.45 bits per heavy atom. The summed E-state index contributed by atoms with van der Waals surface area (Å²) < 4.78 is 33.8. The van der Waals surface area contributed by atoms with E-state index in [0.717, 1.165) is 16.9 Å². The largest absolute Gasteiger partial charge is 0.493 e. The molecule has 0 atom stereocenters. The first-order valence-corrected chi connectivity index (χ1v) is 11.4. The number of likely N-dealkylation sites (tertiary alicyclic amines) is 1. The Bertz CT molecular complexity index is 937. The smallest absolute Gasteiger partial charge is 0.241 e. The predicted octanol–water partition coefficient (Wildman–Crippen LogP) is 3.04. The van der Waals surface area contributed by atoms with Gasteiger partial charge in [-0.15, -0.1) is 0 Å². The van der Waals surface area contributed by atoms with Gasteiger partial charge in [0.2, 0.25) is 15.9 Å². The lowest BCUT2D eigenvalue weighted by atomic mass is 10.1. The van der Waals surface area contributed by atoms with Crippen molar-refractivity contribution in [2.75, 3.05) is 19.7 Å². The first-order chi connectivity index (χ1) is 13.8. The summed E-state index contributed by atoms with van der Waals surface area (Å²) in [6, 6.07) is 14.6. The highest BCUT2D eigenvalue weighted by Crippen LogP contribution is 2.19. The minimum atomic E-state index is -3.56. The van der Waals surface area contributed by atoms with E-state index < -0.39 is 10.0 Å². The SMILES string of the molecule is Cc1ccc(S(=O)(=O)NC2CCN(C(=O)CCOc3ccccc3)CC2)c(C)c1. The van der Waals surface area contributed by atoms with Crippen molar-refractivity contribution >= 4 is 15.9 Å². The highest BCUT2D eigenvalue weighted by Gasteiger charge is 2.27. The highest BCUT2D eigenvalue weighted by atomic mass is 32.2. The van der Waals surface area contributed by atoms with E-state index >= 15 is 0 Å². The van der Waals surface area contributed by atoms with Crippen molar-refractivity contribution in [3.8, 4) is 5.75 Å². The molecule has 2 aromatic carbocycles. The molecule has 0 aromatic heterocycles. The Balaban J connectivity index is 1.46. The Morgan fingerprint density at radius 1 is 1.10 bits per heavy atom. The number of aryl methyl sites for hydroxylation is 2. The molecule has 29 heavy (non-hydrogen) atoms. The predicted molar refractivity (Wildman–Crippen MR) is 112 cm³/mol. The summed E-state index contributed by atoms with van der Waals surface area (Å²) in [5.74, 6) is 0.788. The molecule has 7 heteroatoms. The minimum absolute atomic E-state index is 0.0385. The zero-order chi connectivity index (χ0) is 20.9. The summed E-state index contributed by atoms with van der Waals surface area (Å²) in [5.41, 5.74) is 1.77. The van der Waals surface area contributed by atoms with Crippen LogP contribution in [0.5, 0.6) is 5.75 Å². The Labute approximate surface area is 172 Å². The number of amides is 1. The standard InChI is InChI=1S/C22H28N2O4S/c1-17-8-9-21(18(2)16-17)29(26,27)23-19-10-13-24(14-11-19)22(25)12-15-28-20-6-4-3-5-7-20/h3-9,16,19,23H,10-15H2,1-2H3. The van der Waals surface area contributed by atoms with E-state index in [-0.39, 0.29) is 11.9 Å². The number of hydrogen-bond donors (Lipinski definition) is 1. The molecule has 0 saturated carbocycles. The van der Waals surface area contributed by atoms with Crippen LogP contribution >= 0.6 is 0 Å². The second-order valence-corrected chi connectivity index (χ2v) is 9.14. The van der Waals surface area contributed by atoms with Gasteiger partial charge in [0.1, 0.15) is 5.75 Å². The van der Waals surface area contributed by atoms with E-state index in [2.05, 4.69) is 4.72 Å². The van der Waals surface area contributed by atoms with Gasteiger partial charge in [-0.3, -0.25) is 4.79 Å². The molecule has 0 unspecified atom stereocenters. The van der Waals surface area contributed by atoms with E-state index in [0.29, 0.717) is 43.9 Å². The van der Waals surface area contributed by atoms with Crippen LogP contribution in [0.2, 0.25) is 0 Å². The van der Waals surface area contributed by atoms with E-state index in [1.165, 1.54) is 0 Å². The first-order valence-electron chi connectivity index (χ1n) is 9.90. The van der Waals surface area contributed by atoms with Crippen LogP contribution in [0, 0.1) is 13.8 Å². The van der Waals surface area contributed by atoms with Crippen LogP contribution in [0.1, 0.15) is 30.4 Å². The molecule has 0 bridgehead atoms. The van der Waals surface area contributed by atoms with Crippen LogP contribution in [0.15, 0.2) is 53.4 Å². The molecule has 0 radical (unpaired) electrons. The van der Waals surface area contributed by atoms with Gasteiger partial charge in [-0.2, -0.15) is 0 Å². The van der Waals surface area contributed by atoms with Gasteiger partial charge in [-0.05, 0) is 50.5 Å². The summed E-state index contributed by atoms with van der Waals surface area (Å²) in [6.07, 6.45) is 1.53. The molecule has 1 N–H and O–H groups in total. The molecule has 1 amide bonds. The Hall–Kier alpha value is -2.38. The lowest BCUT2D eigenvalue weighted by molar-refractivity contribution is -0.132. The van der Waals surface area contributed by atoms with Crippen LogP contribution in [-0.4, -0.2) is 45.0 Å². The Kier molecular flexibility index (Phi) is 6.92. The van der Waals surface area contributed by atoms with Crippen molar-refractivity contribution < 1.29 is 17.9 Å². The third-order valence-electron chi connectivity index (χ3n) is 5.12. The zero-order valence-electron chi connectivity index (χ0n) is 16.9. The van der Waals surface area contributed by atoms with Gasteiger partial charge >= 0.3 is 0 Å². The number of sulfonamides is 1. The lowest BCUT2D eigenvalue weighted by Crippen LogP contribution is -2.46. The van der Waals surface area contributed by atoms with Crippen LogP contribution in [-0.2, 0) is 14.8 Å². The van der Waals surface area contributed by atoms with E-state index in [9.17, 15) is 13.2 Å². The average molecular weight is 417 g/mol. The lowest BCUT2D eigenvalue weighted by Gasteiger charge is -2.32. The molecule has 0 spiro atoms. The third-order valence-corrected chi connectivity index (χ3v) is 6.80. The van der Waals surface area contributed by atoms with E-state index in [1.807, 2.05) is 43.3 Å². The van der Waals surface area contributed by atoms with Gasteiger partial charge in [-0.1, -0.05) is 35.9 Å². The molecule has 1 fully saturated rings. The summed E-state index contributed by atoms with van der Waals surface area (Å²) in [6.45, 7) is 5.17. The van der Waals surface area contributed by atoms with Crippen LogP contribution in [0.4, 0.5) is 0 Å². The summed E-state index contributed by atoms with van der Waals surface area (Å²) in [7, 11) is -3.56. The molecule has 0 aliphatic carbocycles. The maximum absolute atomic E-state index is 12.7. The summed E-state index contributed by atoms with van der Waals surface area (Å²) >= 11 is 0. The number of nitrogens with one attached hydrogen (secondary N) is 1. The van der Waals surface area contributed by atoms with Crippen molar-refractivity contribution in [2.45, 2.75) is 44.0 Å². The third kappa shape index (κ3) is 5.81. The number of para-hydroxylation sites is 1. The molecule has 1 aliphatic heterocycles. The molecule has 3 rings (SSSR count). The molecule has 1 aliphatic rings. The van der Waals surface area contributed by atoms with E-state index in [1.54, 1.807) is 24.0 Å². The maximum atomic E-state index is 12.7. The summed E-state index contributed by atoms with van der Waals surface area (Å²) in [5, 5.41) is 0. The van der Waals surface area contributed by atoms with Crippen molar-refractivity contribution in [3.63, 3.8) is 0 Å². The maximum Gasteiger partial charge on any atom is 0.241 e. The number of ether oxygens (including phenoxy) is 1. The average Bonchev–Trinajstić information content (AvgIpc) is 2.68. The topological polar surface area (TPSA) is 75.7 Å². The van der Waals surface area contributed by atoms with Crippen LogP contribution < -0.4 is 9.46 Å². The zero-order valence-corrected chi connectivity index (χ0v) is 17.7. The van der Waals surface area contributed by atoms with Gasteiger partial charge in [-0.25, -0.2) is 13.1 Å². The molecule has 2 aromatic rings. The fourth-order valence-electron chi connectivity index (χ4n) is 3.56. The van der Waals surface area contributed by atoms with Crippen LogP contribution in [0.25, 0.3) is 0 Å². The molecule has 6 nitrogen and oxygen atoms in total. The first kappa shape index (κ1) is 21.3. The van der Waals surface area contributed by atoms with Crippen molar-refractivity contribution in [2.24, 2.45) is 0 Å². The number of piperidine rings is 1.